The number of H-pyrrole nitrogens is 1. The minimum absolute atomic E-state index is 0.0273. The van der Waals surface area contributed by atoms with Crippen molar-refractivity contribution in [3.8, 4) is 5.75 Å². The summed E-state index contributed by atoms with van der Waals surface area (Å²) in [6.07, 6.45) is 1.28. The molecule has 0 bridgehead atoms. The second kappa shape index (κ2) is 17.3. The minimum Gasteiger partial charge on any atom is -0.508 e. The molecule has 1 aromatic heterocycles. The van der Waals surface area contributed by atoms with E-state index >= 15 is 0 Å². The van der Waals surface area contributed by atoms with Crippen molar-refractivity contribution in [1.29, 1.82) is 0 Å². The van der Waals surface area contributed by atoms with Gasteiger partial charge in [0.25, 0.3) is 0 Å². The lowest BCUT2D eigenvalue weighted by Gasteiger charge is -2.28. The van der Waals surface area contributed by atoms with Gasteiger partial charge in [-0.2, -0.15) is 0 Å². The van der Waals surface area contributed by atoms with Crippen molar-refractivity contribution in [2.24, 2.45) is 11.7 Å². The number of aliphatic hydroxyl groups excluding tert-OH is 1. The van der Waals surface area contributed by atoms with Crippen LogP contribution in [0.4, 0.5) is 0 Å². The van der Waals surface area contributed by atoms with Crippen molar-refractivity contribution in [2.45, 2.75) is 63.9 Å². The van der Waals surface area contributed by atoms with Crippen molar-refractivity contribution < 1.29 is 44.1 Å². The molecule has 45 heavy (non-hydrogen) atoms. The van der Waals surface area contributed by atoms with Gasteiger partial charge in [0.05, 0.1) is 25.5 Å². The van der Waals surface area contributed by atoms with Gasteiger partial charge in [0.2, 0.25) is 29.5 Å². The van der Waals surface area contributed by atoms with E-state index in [0.29, 0.717) is 11.3 Å². The van der Waals surface area contributed by atoms with Gasteiger partial charge < -0.3 is 52.6 Å². The first kappa shape index (κ1) is 36.2. The molecule has 0 fully saturated rings. The van der Waals surface area contributed by atoms with E-state index in [1.807, 2.05) is 0 Å². The number of nitrogens with one attached hydrogen (secondary N) is 6. The van der Waals surface area contributed by atoms with Crippen molar-refractivity contribution in [3.63, 3.8) is 0 Å². The van der Waals surface area contributed by atoms with Gasteiger partial charge in [0, 0.05) is 24.7 Å². The summed E-state index contributed by atoms with van der Waals surface area (Å²) in [6.45, 7) is 3.48. The van der Waals surface area contributed by atoms with Crippen molar-refractivity contribution in [1.82, 2.24) is 36.6 Å². The highest BCUT2D eigenvalue weighted by molar-refractivity contribution is 5.95. The average Bonchev–Trinajstić information content (AvgIpc) is 3.50. The van der Waals surface area contributed by atoms with Crippen LogP contribution in [0, 0.1) is 5.92 Å². The lowest BCUT2D eigenvalue weighted by molar-refractivity contribution is -0.141. The third-order valence-corrected chi connectivity index (χ3v) is 6.56. The average molecular weight is 633 g/mol. The molecule has 0 aliphatic carbocycles. The molecule has 0 saturated heterocycles. The summed E-state index contributed by atoms with van der Waals surface area (Å²) < 4.78 is 0. The molecule has 0 aliphatic heterocycles. The Morgan fingerprint density at radius 3 is 2.02 bits per heavy atom. The molecule has 1 aromatic carbocycles. The van der Waals surface area contributed by atoms with E-state index in [9.17, 15) is 44.1 Å². The number of aromatic amines is 1. The number of amides is 5. The highest BCUT2D eigenvalue weighted by atomic mass is 16.4. The number of aromatic nitrogens is 2. The Balaban J connectivity index is 2.17. The topological polar surface area (TPSA) is 278 Å². The summed E-state index contributed by atoms with van der Waals surface area (Å²) in [6, 6.07) is 0.601. The fourth-order valence-corrected chi connectivity index (χ4v) is 4.11. The normalized spacial score (nSPS) is 14.3. The van der Waals surface area contributed by atoms with Gasteiger partial charge in [-0.3, -0.25) is 24.0 Å². The largest absolute Gasteiger partial charge is 0.508 e. The molecule has 1 heterocycles. The van der Waals surface area contributed by atoms with Gasteiger partial charge in [0.15, 0.2) is 0 Å². The maximum absolute atomic E-state index is 13.4. The zero-order chi connectivity index (χ0) is 33.7. The van der Waals surface area contributed by atoms with E-state index in [1.54, 1.807) is 13.8 Å². The molecular formula is C28H40N8O9. The number of aliphatic carboxylic acids is 1. The van der Waals surface area contributed by atoms with Gasteiger partial charge in [-0.05, 0) is 30.5 Å². The number of phenolic OH excluding ortho intramolecular Hbond substituents is 1. The number of nitrogens with zero attached hydrogens (tertiary/aromatic N) is 1. The summed E-state index contributed by atoms with van der Waals surface area (Å²) >= 11 is 0. The number of aliphatic hydroxyl groups is 1. The van der Waals surface area contributed by atoms with E-state index in [1.165, 1.54) is 43.7 Å². The summed E-state index contributed by atoms with van der Waals surface area (Å²) in [5.41, 5.74) is 6.29. The van der Waals surface area contributed by atoms with E-state index in [2.05, 4.69) is 36.6 Å². The molecule has 0 saturated carbocycles. The van der Waals surface area contributed by atoms with Crippen LogP contribution in [0.1, 0.15) is 32.0 Å². The quantitative estimate of drug-likeness (QED) is 0.0841. The molecule has 2 rings (SSSR count). The Morgan fingerprint density at radius 2 is 1.49 bits per heavy atom. The van der Waals surface area contributed by atoms with E-state index in [4.69, 9.17) is 5.73 Å². The predicted octanol–water partition coefficient (Wildman–Crippen LogP) is -2.96. The molecule has 11 N–H and O–H groups in total. The monoisotopic (exact) mass is 632 g/mol. The Bertz CT molecular complexity index is 1320. The molecular weight excluding hydrogens is 592 g/mol. The zero-order valence-corrected chi connectivity index (χ0v) is 25.1. The summed E-state index contributed by atoms with van der Waals surface area (Å²) in [5.74, 6) is -5.78. The molecule has 0 radical (unpaired) electrons. The molecule has 246 valence electrons. The molecule has 5 amide bonds. The lowest BCUT2D eigenvalue weighted by Crippen LogP contribution is -2.60. The summed E-state index contributed by atoms with van der Waals surface area (Å²) in [5, 5.41) is 41.1. The molecule has 17 nitrogen and oxygen atoms in total. The first-order valence-corrected chi connectivity index (χ1v) is 14.0. The van der Waals surface area contributed by atoms with E-state index in [-0.39, 0.29) is 18.6 Å². The Morgan fingerprint density at radius 1 is 0.844 bits per heavy atom. The van der Waals surface area contributed by atoms with Crippen LogP contribution in [-0.2, 0) is 41.6 Å². The third kappa shape index (κ3) is 11.9. The fraction of sp³-hybridized carbons (Fsp3) is 0.464. The fourth-order valence-electron chi connectivity index (χ4n) is 4.11. The molecule has 2 aromatic rings. The van der Waals surface area contributed by atoms with Gasteiger partial charge in [-0.25, -0.2) is 9.78 Å². The van der Waals surface area contributed by atoms with E-state index in [0.717, 1.165) is 0 Å². The maximum Gasteiger partial charge on any atom is 0.326 e. The highest BCUT2D eigenvalue weighted by Gasteiger charge is 2.33. The number of carboxylic acids is 1. The first-order valence-electron chi connectivity index (χ1n) is 14.0. The number of hydrogen-bond acceptors (Lipinski definition) is 10. The van der Waals surface area contributed by atoms with Crippen LogP contribution in [-0.4, -0.2) is 104 Å². The number of carbonyl (C=O) groups excluding carboxylic acids is 5. The number of rotatable bonds is 17. The van der Waals surface area contributed by atoms with Gasteiger partial charge >= 0.3 is 5.97 Å². The summed E-state index contributed by atoms with van der Waals surface area (Å²) in [7, 11) is 0. The maximum atomic E-state index is 13.4. The number of benzene rings is 1. The number of phenols is 1. The molecule has 5 atom stereocenters. The van der Waals surface area contributed by atoms with Crippen molar-refractivity contribution in [3.05, 3.63) is 48.0 Å². The van der Waals surface area contributed by atoms with Crippen LogP contribution in [0.3, 0.4) is 0 Å². The van der Waals surface area contributed by atoms with Gasteiger partial charge in [0.1, 0.15) is 29.9 Å². The number of aromatic hydroxyl groups is 1. The second-order valence-electron chi connectivity index (χ2n) is 10.6. The number of carboxylic acid groups (broad SMARTS) is 1. The van der Waals surface area contributed by atoms with Crippen LogP contribution < -0.4 is 32.3 Å². The lowest BCUT2D eigenvalue weighted by atomic mass is 10.00. The zero-order valence-electron chi connectivity index (χ0n) is 25.1. The molecule has 17 heteroatoms. The molecule has 0 unspecified atom stereocenters. The number of hydrogen-bond donors (Lipinski definition) is 10. The van der Waals surface area contributed by atoms with Crippen LogP contribution in [0.25, 0.3) is 0 Å². The van der Waals surface area contributed by atoms with E-state index < -0.39 is 84.8 Å². The first-order chi connectivity index (χ1) is 21.2. The van der Waals surface area contributed by atoms with Crippen LogP contribution in [0.2, 0.25) is 0 Å². The SMILES string of the molecule is CC(C)[C@H](NC(=O)[C@@H](NC(=O)CN)[C@@H](C)O)C(=O)N[C@@H](Cc1ccc(O)cc1)C(=O)NCC(=O)N[C@@H](Cc1cnc[nH]1)C(=O)O. The van der Waals surface area contributed by atoms with Crippen molar-refractivity contribution in [2.75, 3.05) is 13.1 Å². The van der Waals surface area contributed by atoms with Crippen LogP contribution in [0.5, 0.6) is 5.75 Å². The Hall–Kier alpha value is -5.03. The predicted molar refractivity (Wildman–Crippen MR) is 158 cm³/mol. The number of carbonyl (C=O) groups is 6. The van der Waals surface area contributed by atoms with Gasteiger partial charge in [-0.15, -0.1) is 0 Å². The smallest absolute Gasteiger partial charge is 0.326 e. The Kier molecular flexibility index (Phi) is 13.9. The van der Waals surface area contributed by atoms with Crippen molar-refractivity contribution >= 4 is 35.5 Å². The second-order valence-corrected chi connectivity index (χ2v) is 10.6. The highest BCUT2D eigenvalue weighted by Crippen LogP contribution is 2.12. The third-order valence-electron chi connectivity index (χ3n) is 6.56. The Labute approximate surface area is 258 Å². The van der Waals surface area contributed by atoms with Crippen LogP contribution in [0.15, 0.2) is 36.8 Å². The summed E-state index contributed by atoms with van der Waals surface area (Å²) in [4.78, 5) is 82.0. The molecule has 0 aliphatic rings. The number of nitrogens with two attached hydrogens (primary N) is 1. The minimum atomic E-state index is -1.41. The number of imidazole rings is 1. The van der Waals surface area contributed by atoms with Crippen LogP contribution >= 0.6 is 0 Å². The standard InChI is InChI=1S/C28H40N8O9/c1-14(2)23(36-27(43)24(15(3)37)35-21(39)10-29)26(42)34-19(8-16-4-6-18(38)7-5-16)25(41)31-12-22(40)33-20(28(44)45)9-17-11-30-13-32-17/h4-7,11,13-15,19-20,23-24,37-38H,8-10,12,29H2,1-3H3,(H,30,32)(H,31,41)(H,33,40)(H,34,42)(H,35,39)(H,36,43)(H,44,45)/t15-,19+,20+,23+,24+/m1/s1. The van der Waals surface area contributed by atoms with Gasteiger partial charge in [-0.1, -0.05) is 26.0 Å². The molecule has 0 spiro atoms.